The average Bonchev–Trinajstić information content (AvgIpc) is 2.77. The summed E-state index contributed by atoms with van der Waals surface area (Å²) in [5.41, 5.74) is 10.5. The van der Waals surface area contributed by atoms with E-state index >= 15 is 0 Å². The number of rotatable bonds is 3. The lowest BCUT2D eigenvalue weighted by Crippen LogP contribution is -2.01. The number of hydrogen-bond donors (Lipinski definition) is 1. The van der Waals surface area contributed by atoms with Crippen molar-refractivity contribution in [3.8, 4) is 11.3 Å². The zero-order valence-corrected chi connectivity index (χ0v) is 12.0. The van der Waals surface area contributed by atoms with E-state index in [1.807, 2.05) is 5.38 Å². The largest absolute Gasteiger partial charge is 0.375 e. The number of hydrogen-bond acceptors (Lipinski definition) is 3. The van der Waals surface area contributed by atoms with Gasteiger partial charge in [-0.3, -0.25) is 0 Å². The van der Waals surface area contributed by atoms with E-state index in [1.165, 1.54) is 28.3 Å². The lowest BCUT2D eigenvalue weighted by Gasteiger charge is -2.07. The van der Waals surface area contributed by atoms with Crippen LogP contribution in [-0.2, 0) is 6.54 Å². The number of nitrogens with two attached hydrogens (primary N) is 1. The second-order valence-corrected chi connectivity index (χ2v) is 4.90. The Hall–Kier alpha value is -1.00. The van der Waals surface area contributed by atoms with Gasteiger partial charge in [0.2, 0.25) is 0 Å². The van der Waals surface area contributed by atoms with Crippen LogP contribution < -0.4 is 5.73 Å². The molecule has 0 radical (unpaired) electrons. The van der Waals surface area contributed by atoms with Gasteiger partial charge in [-0.25, -0.2) is 4.98 Å². The van der Waals surface area contributed by atoms with Gasteiger partial charge in [0.15, 0.2) is 5.13 Å². The molecule has 0 atom stereocenters. The molecule has 0 saturated heterocycles. The van der Waals surface area contributed by atoms with Gasteiger partial charge in [-0.1, -0.05) is 6.92 Å². The summed E-state index contributed by atoms with van der Waals surface area (Å²) in [4.78, 5) is 4.34. The fourth-order valence-corrected chi connectivity index (χ4v) is 2.60. The number of aryl methyl sites for hydroxylation is 1. The molecule has 2 heterocycles. The van der Waals surface area contributed by atoms with Crippen molar-refractivity contribution in [2.75, 3.05) is 5.73 Å². The summed E-state index contributed by atoms with van der Waals surface area (Å²) in [6.07, 6.45) is 1.15. The van der Waals surface area contributed by atoms with Crippen LogP contribution in [0.1, 0.15) is 24.7 Å². The summed E-state index contributed by atoms with van der Waals surface area (Å²) in [6.45, 7) is 7.55. The molecule has 0 spiro atoms. The summed E-state index contributed by atoms with van der Waals surface area (Å²) >= 11 is 1.49. The molecule has 0 aliphatic heterocycles. The van der Waals surface area contributed by atoms with Crippen LogP contribution >= 0.6 is 23.7 Å². The predicted molar refractivity (Wildman–Crippen MR) is 77.0 cm³/mol. The average molecular weight is 272 g/mol. The fourth-order valence-electron chi connectivity index (χ4n) is 2.04. The summed E-state index contributed by atoms with van der Waals surface area (Å²) in [5, 5.41) is 2.66. The summed E-state index contributed by atoms with van der Waals surface area (Å²) in [6, 6.07) is 2.19. The van der Waals surface area contributed by atoms with Crippen LogP contribution in [0.5, 0.6) is 0 Å². The van der Waals surface area contributed by atoms with E-state index in [-0.39, 0.29) is 12.4 Å². The van der Waals surface area contributed by atoms with Crippen LogP contribution in [0.4, 0.5) is 5.13 Å². The zero-order chi connectivity index (χ0) is 11.7. The van der Waals surface area contributed by atoms with E-state index in [0.29, 0.717) is 5.13 Å². The standard InChI is InChI=1S/C12H17N3S.ClH/c1-4-5-15-8(2)6-10(9(15)3)11-7-16-12(13)14-11;/h6-7H,4-5H2,1-3H3,(H2,13,14);1H. The first kappa shape index (κ1) is 14.1. The molecular weight excluding hydrogens is 254 g/mol. The first-order valence-electron chi connectivity index (χ1n) is 5.51. The quantitative estimate of drug-likeness (QED) is 0.926. The maximum Gasteiger partial charge on any atom is 0.180 e. The Labute approximate surface area is 112 Å². The van der Waals surface area contributed by atoms with Crippen LogP contribution in [-0.4, -0.2) is 9.55 Å². The van der Waals surface area contributed by atoms with Crippen molar-refractivity contribution < 1.29 is 0 Å². The number of thiazole rings is 1. The molecule has 17 heavy (non-hydrogen) atoms. The number of nitrogens with zero attached hydrogens (tertiary/aromatic N) is 2. The summed E-state index contributed by atoms with van der Waals surface area (Å²) in [7, 11) is 0. The molecule has 0 aromatic carbocycles. The molecular formula is C12H18ClN3S. The van der Waals surface area contributed by atoms with Gasteiger partial charge >= 0.3 is 0 Å². The third-order valence-corrected chi connectivity index (χ3v) is 3.49. The summed E-state index contributed by atoms with van der Waals surface area (Å²) < 4.78 is 2.34. The van der Waals surface area contributed by atoms with Gasteiger partial charge in [-0.15, -0.1) is 23.7 Å². The maximum atomic E-state index is 5.67. The Balaban J connectivity index is 0.00000144. The number of anilines is 1. The molecule has 0 aliphatic rings. The molecule has 0 saturated carbocycles. The molecule has 0 unspecified atom stereocenters. The van der Waals surface area contributed by atoms with Crippen molar-refractivity contribution in [3.63, 3.8) is 0 Å². The molecule has 0 bridgehead atoms. The predicted octanol–water partition coefficient (Wildman–Crippen LogP) is 3.64. The van der Waals surface area contributed by atoms with Crippen molar-refractivity contribution in [3.05, 3.63) is 22.8 Å². The van der Waals surface area contributed by atoms with E-state index in [2.05, 4.69) is 36.4 Å². The van der Waals surface area contributed by atoms with Gasteiger partial charge in [-0.2, -0.15) is 0 Å². The van der Waals surface area contributed by atoms with Gasteiger partial charge in [0.05, 0.1) is 5.69 Å². The normalized spacial score (nSPS) is 10.3. The molecule has 2 N–H and O–H groups in total. The highest BCUT2D eigenvalue weighted by molar-refractivity contribution is 7.13. The first-order valence-corrected chi connectivity index (χ1v) is 6.39. The SMILES string of the molecule is CCCn1c(C)cc(-c2csc(N)n2)c1C.Cl. The third kappa shape index (κ3) is 2.64. The van der Waals surface area contributed by atoms with Crippen molar-refractivity contribution in [1.82, 2.24) is 9.55 Å². The van der Waals surface area contributed by atoms with Gasteiger partial charge in [-0.05, 0) is 26.3 Å². The van der Waals surface area contributed by atoms with Crippen molar-refractivity contribution in [2.24, 2.45) is 0 Å². The summed E-state index contributed by atoms with van der Waals surface area (Å²) in [5.74, 6) is 0. The molecule has 2 aromatic rings. The monoisotopic (exact) mass is 271 g/mol. The fraction of sp³-hybridized carbons (Fsp3) is 0.417. The second kappa shape index (κ2) is 5.56. The van der Waals surface area contributed by atoms with Gasteiger partial charge in [0.1, 0.15) is 0 Å². The topological polar surface area (TPSA) is 43.8 Å². The van der Waals surface area contributed by atoms with Crippen LogP contribution in [0.2, 0.25) is 0 Å². The smallest absolute Gasteiger partial charge is 0.180 e. The van der Waals surface area contributed by atoms with Gasteiger partial charge in [0.25, 0.3) is 0 Å². The van der Waals surface area contributed by atoms with Crippen molar-refractivity contribution in [1.29, 1.82) is 0 Å². The van der Waals surface area contributed by atoms with Crippen LogP contribution in [0, 0.1) is 13.8 Å². The Kier molecular flexibility index (Phi) is 4.60. The minimum Gasteiger partial charge on any atom is -0.375 e. The number of aromatic nitrogens is 2. The van der Waals surface area contributed by atoms with Crippen LogP contribution in [0.3, 0.4) is 0 Å². The molecule has 2 rings (SSSR count). The van der Waals surface area contributed by atoms with Gasteiger partial charge in [0, 0.05) is 28.9 Å². The van der Waals surface area contributed by atoms with Crippen LogP contribution in [0.15, 0.2) is 11.4 Å². The minimum atomic E-state index is 0. The van der Waals surface area contributed by atoms with E-state index in [9.17, 15) is 0 Å². The third-order valence-electron chi connectivity index (χ3n) is 2.82. The van der Waals surface area contributed by atoms with Crippen molar-refractivity contribution in [2.45, 2.75) is 33.7 Å². The Morgan fingerprint density at radius 2 is 2.12 bits per heavy atom. The highest BCUT2D eigenvalue weighted by atomic mass is 35.5. The van der Waals surface area contributed by atoms with E-state index in [1.54, 1.807) is 0 Å². The van der Waals surface area contributed by atoms with Crippen molar-refractivity contribution >= 4 is 28.9 Å². The number of nitrogen functional groups attached to an aromatic ring is 1. The van der Waals surface area contributed by atoms with E-state index < -0.39 is 0 Å². The number of halogens is 1. The first-order chi connectivity index (χ1) is 7.63. The Bertz CT molecular complexity index is 502. The Morgan fingerprint density at radius 3 is 2.65 bits per heavy atom. The molecule has 94 valence electrons. The minimum absolute atomic E-state index is 0. The molecule has 3 nitrogen and oxygen atoms in total. The zero-order valence-electron chi connectivity index (χ0n) is 10.4. The van der Waals surface area contributed by atoms with E-state index in [4.69, 9.17) is 5.73 Å². The lowest BCUT2D eigenvalue weighted by molar-refractivity contribution is 0.649. The maximum absolute atomic E-state index is 5.67. The van der Waals surface area contributed by atoms with Gasteiger partial charge < -0.3 is 10.3 Å². The lowest BCUT2D eigenvalue weighted by atomic mass is 10.2. The van der Waals surface area contributed by atoms with E-state index in [0.717, 1.165) is 18.7 Å². The highest BCUT2D eigenvalue weighted by Gasteiger charge is 2.12. The highest BCUT2D eigenvalue weighted by Crippen LogP contribution is 2.28. The Morgan fingerprint density at radius 1 is 1.41 bits per heavy atom. The molecule has 0 amide bonds. The molecule has 2 aromatic heterocycles. The molecule has 5 heteroatoms. The second-order valence-electron chi connectivity index (χ2n) is 4.01. The molecule has 0 fully saturated rings. The molecule has 0 aliphatic carbocycles. The van der Waals surface area contributed by atoms with Crippen LogP contribution in [0.25, 0.3) is 11.3 Å².